The number of pyridine rings is 3. The van der Waals surface area contributed by atoms with Gasteiger partial charge in [0, 0.05) is 37.4 Å². The summed E-state index contributed by atoms with van der Waals surface area (Å²) >= 11 is 0. The zero-order valence-corrected chi connectivity index (χ0v) is 15.9. The van der Waals surface area contributed by atoms with Crippen LogP contribution in [0.2, 0.25) is 0 Å². The van der Waals surface area contributed by atoms with Crippen LogP contribution < -0.4 is 10.2 Å². The lowest BCUT2D eigenvalue weighted by molar-refractivity contribution is 0.707. The van der Waals surface area contributed by atoms with Crippen molar-refractivity contribution in [3.05, 3.63) is 85.3 Å². The normalized spacial score (nSPS) is 16.1. The number of nitrogens with zero attached hydrogens (tertiary/aromatic N) is 6. The average Bonchev–Trinajstić information content (AvgIpc) is 3.45. The largest absolute Gasteiger partial charge is 0.349 e. The predicted octanol–water partition coefficient (Wildman–Crippen LogP) is 4.14. The van der Waals surface area contributed by atoms with Crippen LogP contribution in [0.15, 0.2) is 79.8 Å². The molecule has 5 rings (SSSR count). The van der Waals surface area contributed by atoms with Crippen LogP contribution in [-0.4, -0.2) is 31.0 Å². The zero-order valence-electron chi connectivity index (χ0n) is 15.9. The summed E-state index contributed by atoms with van der Waals surface area (Å²) in [5.41, 5.74) is 2.26. The van der Waals surface area contributed by atoms with Crippen molar-refractivity contribution in [1.29, 1.82) is 0 Å². The van der Waals surface area contributed by atoms with E-state index >= 15 is 0 Å². The highest BCUT2D eigenvalue weighted by molar-refractivity contribution is 5.53. The van der Waals surface area contributed by atoms with Crippen molar-refractivity contribution in [3.8, 4) is 5.69 Å². The van der Waals surface area contributed by atoms with E-state index in [2.05, 4.69) is 42.3 Å². The molecule has 1 N–H and O–H groups in total. The van der Waals surface area contributed by atoms with Crippen molar-refractivity contribution in [2.24, 2.45) is 0 Å². The van der Waals surface area contributed by atoms with Crippen LogP contribution >= 0.6 is 0 Å². The second kappa shape index (κ2) is 7.71. The van der Waals surface area contributed by atoms with Gasteiger partial charge in [-0.05, 0) is 42.7 Å². The van der Waals surface area contributed by atoms with Gasteiger partial charge >= 0.3 is 0 Å². The van der Waals surface area contributed by atoms with Crippen molar-refractivity contribution >= 4 is 17.5 Å². The second-order valence-electron chi connectivity index (χ2n) is 7.02. The Morgan fingerprint density at radius 3 is 2.79 bits per heavy atom. The topological polar surface area (TPSA) is 71.8 Å². The van der Waals surface area contributed by atoms with Gasteiger partial charge in [-0.1, -0.05) is 12.1 Å². The van der Waals surface area contributed by atoms with Gasteiger partial charge in [-0.25, -0.2) is 15.0 Å². The Labute approximate surface area is 169 Å². The molecule has 7 nitrogen and oxygen atoms in total. The maximum absolute atomic E-state index is 4.64. The molecular weight excluding hydrogens is 362 g/mol. The molecule has 29 heavy (non-hydrogen) atoms. The summed E-state index contributed by atoms with van der Waals surface area (Å²) in [6, 6.07) is 14.3. The number of anilines is 3. The van der Waals surface area contributed by atoms with Crippen LogP contribution in [0, 0.1) is 0 Å². The monoisotopic (exact) mass is 383 g/mol. The molecule has 4 aromatic heterocycles. The van der Waals surface area contributed by atoms with E-state index in [1.165, 1.54) is 5.56 Å². The van der Waals surface area contributed by atoms with Crippen molar-refractivity contribution < 1.29 is 0 Å². The lowest BCUT2D eigenvalue weighted by atomic mass is 10.1. The van der Waals surface area contributed by atoms with E-state index in [9.17, 15) is 0 Å². The molecule has 0 radical (unpaired) electrons. The molecule has 7 heteroatoms. The minimum absolute atomic E-state index is 0.315. The number of aromatic nitrogens is 5. The molecule has 1 unspecified atom stereocenters. The summed E-state index contributed by atoms with van der Waals surface area (Å²) in [6.07, 6.45) is 13.4. The molecule has 1 saturated heterocycles. The van der Waals surface area contributed by atoms with Gasteiger partial charge in [0.15, 0.2) is 0 Å². The van der Waals surface area contributed by atoms with Crippen LogP contribution in [-0.2, 0) is 0 Å². The summed E-state index contributed by atoms with van der Waals surface area (Å²) in [5, 5.41) is 3.22. The molecule has 0 spiro atoms. The van der Waals surface area contributed by atoms with Crippen LogP contribution in [0.5, 0.6) is 0 Å². The van der Waals surface area contributed by atoms with E-state index in [4.69, 9.17) is 0 Å². The number of rotatable bonds is 5. The SMILES string of the molecule is c1ccc(Nc2cn(-c3ccnc(N4CCCC4c4cccnc4)c3)cn2)nc1. The van der Waals surface area contributed by atoms with Gasteiger partial charge < -0.3 is 14.8 Å². The average molecular weight is 383 g/mol. The van der Waals surface area contributed by atoms with Gasteiger partial charge in [-0.2, -0.15) is 0 Å². The Balaban J connectivity index is 1.39. The minimum atomic E-state index is 0.315. The van der Waals surface area contributed by atoms with Crippen LogP contribution in [0.25, 0.3) is 5.69 Å². The molecule has 144 valence electrons. The Kier molecular flexibility index (Phi) is 4.62. The third-order valence-electron chi connectivity index (χ3n) is 5.15. The molecule has 5 heterocycles. The maximum Gasteiger partial charge on any atom is 0.150 e. The molecule has 0 bridgehead atoms. The fourth-order valence-electron chi connectivity index (χ4n) is 3.78. The van der Waals surface area contributed by atoms with E-state index < -0.39 is 0 Å². The third-order valence-corrected chi connectivity index (χ3v) is 5.15. The number of nitrogens with one attached hydrogen (secondary N) is 1. The van der Waals surface area contributed by atoms with Crippen LogP contribution in [0.1, 0.15) is 24.4 Å². The lowest BCUT2D eigenvalue weighted by Crippen LogP contribution is -2.23. The van der Waals surface area contributed by atoms with Crippen LogP contribution in [0.4, 0.5) is 17.5 Å². The molecule has 1 aliphatic rings. The lowest BCUT2D eigenvalue weighted by Gasteiger charge is -2.26. The first kappa shape index (κ1) is 17.4. The molecule has 1 fully saturated rings. The van der Waals surface area contributed by atoms with Gasteiger partial charge in [-0.15, -0.1) is 0 Å². The Hall–Kier alpha value is -3.74. The first-order chi connectivity index (χ1) is 14.4. The molecular formula is C22H21N7. The molecule has 4 aromatic rings. The molecule has 1 atom stereocenters. The van der Waals surface area contributed by atoms with Crippen molar-refractivity contribution in [1.82, 2.24) is 24.5 Å². The van der Waals surface area contributed by atoms with Gasteiger partial charge in [0.1, 0.15) is 23.8 Å². The van der Waals surface area contributed by atoms with E-state index in [0.717, 1.165) is 42.5 Å². The number of hydrogen-bond acceptors (Lipinski definition) is 6. The smallest absolute Gasteiger partial charge is 0.150 e. The summed E-state index contributed by atoms with van der Waals surface area (Å²) in [4.78, 5) is 20.0. The first-order valence-electron chi connectivity index (χ1n) is 9.72. The predicted molar refractivity (Wildman–Crippen MR) is 112 cm³/mol. The van der Waals surface area contributed by atoms with Crippen molar-refractivity contribution in [2.75, 3.05) is 16.8 Å². The molecule has 1 aliphatic heterocycles. The van der Waals surface area contributed by atoms with Crippen molar-refractivity contribution in [3.63, 3.8) is 0 Å². The fraction of sp³-hybridized carbons (Fsp3) is 0.182. The van der Waals surface area contributed by atoms with Crippen molar-refractivity contribution in [2.45, 2.75) is 18.9 Å². The fourth-order valence-corrected chi connectivity index (χ4v) is 3.78. The highest BCUT2D eigenvalue weighted by Crippen LogP contribution is 2.35. The summed E-state index contributed by atoms with van der Waals surface area (Å²) in [6.45, 7) is 0.992. The summed E-state index contributed by atoms with van der Waals surface area (Å²) < 4.78 is 1.99. The number of imidazole rings is 1. The Bertz CT molecular complexity index is 1080. The number of hydrogen-bond donors (Lipinski definition) is 1. The van der Waals surface area contributed by atoms with Crippen LogP contribution in [0.3, 0.4) is 0 Å². The van der Waals surface area contributed by atoms with Gasteiger partial charge in [0.2, 0.25) is 0 Å². The molecule has 0 amide bonds. The zero-order chi connectivity index (χ0) is 19.5. The maximum atomic E-state index is 4.64. The first-order valence-corrected chi connectivity index (χ1v) is 9.72. The highest BCUT2D eigenvalue weighted by atomic mass is 15.2. The van der Waals surface area contributed by atoms with Gasteiger partial charge in [-0.3, -0.25) is 4.98 Å². The molecule has 0 aromatic carbocycles. The summed E-state index contributed by atoms with van der Waals surface area (Å²) in [5.74, 6) is 2.49. The van der Waals surface area contributed by atoms with E-state index in [-0.39, 0.29) is 0 Å². The van der Waals surface area contributed by atoms with Gasteiger partial charge in [0.05, 0.1) is 17.9 Å². The Morgan fingerprint density at radius 2 is 1.93 bits per heavy atom. The summed E-state index contributed by atoms with van der Waals surface area (Å²) in [7, 11) is 0. The Morgan fingerprint density at radius 1 is 0.931 bits per heavy atom. The van der Waals surface area contributed by atoms with E-state index in [1.54, 1.807) is 12.5 Å². The third kappa shape index (κ3) is 3.67. The molecule has 0 saturated carbocycles. The standard InChI is InChI=1S/C22H21N7/c1-2-10-24-20(7-1)27-21-15-28(16-26-21)18-8-11-25-22(13-18)29-12-4-6-19(29)17-5-3-9-23-14-17/h1-3,5,7-11,13-16,19H,4,6,12H2,(H,24,27). The molecule has 0 aliphatic carbocycles. The highest BCUT2D eigenvalue weighted by Gasteiger charge is 2.27. The van der Waals surface area contributed by atoms with E-state index in [0.29, 0.717) is 6.04 Å². The van der Waals surface area contributed by atoms with E-state index in [1.807, 2.05) is 59.7 Å². The minimum Gasteiger partial charge on any atom is -0.349 e. The quantitative estimate of drug-likeness (QED) is 0.558. The second-order valence-corrected chi connectivity index (χ2v) is 7.02. The van der Waals surface area contributed by atoms with Gasteiger partial charge in [0.25, 0.3) is 0 Å².